The van der Waals surface area contributed by atoms with Gasteiger partial charge in [-0.1, -0.05) is 18.2 Å². The van der Waals surface area contributed by atoms with E-state index in [4.69, 9.17) is 21.4 Å². The maximum Gasteiger partial charge on any atom is 0.293 e. The second-order valence-electron chi connectivity index (χ2n) is 5.82. The Morgan fingerprint density at radius 3 is 2.83 bits per heavy atom. The van der Waals surface area contributed by atoms with E-state index in [1.54, 1.807) is 11.0 Å². The average molecular weight is 348 g/mol. The fourth-order valence-electron chi connectivity index (χ4n) is 2.75. The van der Waals surface area contributed by atoms with Crippen molar-refractivity contribution in [1.82, 2.24) is 10.6 Å². The lowest BCUT2D eigenvalue weighted by molar-refractivity contribution is -0.908. The SMILES string of the molecule is O=C(NC(=S)NCCC[NH+]1CCOCC1)c1cc2ccccc2o1. The van der Waals surface area contributed by atoms with Crippen LogP contribution in [0, 0.1) is 0 Å². The first kappa shape index (κ1) is 16.9. The van der Waals surface area contributed by atoms with Gasteiger partial charge >= 0.3 is 0 Å². The van der Waals surface area contributed by atoms with Crippen molar-refractivity contribution in [2.24, 2.45) is 0 Å². The van der Waals surface area contributed by atoms with Crippen molar-refractivity contribution in [1.29, 1.82) is 0 Å². The molecule has 1 amide bonds. The van der Waals surface area contributed by atoms with Gasteiger partial charge in [0.1, 0.15) is 18.7 Å². The van der Waals surface area contributed by atoms with E-state index in [9.17, 15) is 4.79 Å². The van der Waals surface area contributed by atoms with Crippen LogP contribution in [0.1, 0.15) is 17.0 Å². The number of carbonyl (C=O) groups excluding carboxylic acids is 1. The quantitative estimate of drug-likeness (QED) is 0.537. The van der Waals surface area contributed by atoms with Crippen LogP contribution >= 0.6 is 12.2 Å². The topological polar surface area (TPSA) is 67.9 Å². The molecule has 0 unspecified atom stereocenters. The van der Waals surface area contributed by atoms with E-state index in [0.717, 1.165) is 51.2 Å². The Bertz CT molecular complexity index is 677. The van der Waals surface area contributed by atoms with Gasteiger partial charge in [-0.3, -0.25) is 10.1 Å². The number of furan rings is 1. The van der Waals surface area contributed by atoms with Crippen LogP contribution in [-0.2, 0) is 4.74 Å². The number of hydrogen-bond acceptors (Lipinski definition) is 4. The summed E-state index contributed by atoms with van der Waals surface area (Å²) in [7, 11) is 0. The van der Waals surface area contributed by atoms with Gasteiger partial charge in [0, 0.05) is 18.4 Å². The van der Waals surface area contributed by atoms with E-state index in [-0.39, 0.29) is 11.7 Å². The molecule has 0 bridgehead atoms. The van der Waals surface area contributed by atoms with Crippen LogP contribution in [0.5, 0.6) is 0 Å². The van der Waals surface area contributed by atoms with Gasteiger partial charge in [-0.2, -0.15) is 0 Å². The van der Waals surface area contributed by atoms with Crippen LogP contribution in [0.3, 0.4) is 0 Å². The Kier molecular flexibility index (Phi) is 5.79. The van der Waals surface area contributed by atoms with Gasteiger partial charge in [0.05, 0.1) is 19.8 Å². The van der Waals surface area contributed by atoms with Crippen LogP contribution in [0.15, 0.2) is 34.7 Å². The molecule has 1 aliphatic rings. The summed E-state index contributed by atoms with van der Waals surface area (Å²) in [4.78, 5) is 13.7. The summed E-state index contributed by atoms with van der Waals surface area (Å²) in [6.45, 7) is 5.63. The predicted molar refractivity (Wildman–Crippen MR) is 95.3 cm³/mol. The molecule has 1 fully saturated rings. The standard InChI is InChI=1S/C17H21N3O3S/c21-16(15-12-13-4-1-2-5-14(13)23-15)19-17(24)18-6-3-7-20-8-10-22-11-9-20/h1-2,4-5,12H,3,6-11H2,(H2,18,19,21,24)/p+1. The number of hydrogen-bond donors (Lipinski definition) is 3. The van der Waals surface area contributed by atoms with Gasteiger partial charge in [0.25, 0.3) is 5.91 Å². The highest BCUT2D eigenvalue weighted by molar-refractivity contribution is 7.80. The number of para-hydroxylation sites is 1. The highest BCUT2D eigenvalue weighted by Crippen LogP contribution is 2.18. The summed E-state index contributed by atoms with van der Waals surface area (Å²) in [6, 6.07) is 9.23. The molecule has 0 aliphatic carbocycles. The summed E-state index contributed by atoms with van der Waals surface area (Å²) in [5.74, 6) is -0.0689. The van der Waals surface area contributed by atoms with Crippen LogP contribution in [0.2, 0.25) is 0 Å². The number of quaternary nitrogens is 1. The van der Waals surface area contributed by atoms with Gasteiger partial charge in [-0.25, -0.2) is 0 Å². The van der Waals surface area contributed by atoms with E-state index in [1.165, 1.54) is 0 Å². The van der Waals surface area contributed by atoms with Crippen LogP contribution in [-0.4, -0.2) is 50.4 Å². The molecule has 2 heterocycles. The lowest BCUT2D eigenvalue weighted by atomic mass is 10.2. The number of fused-ring (bicyclic) bond motifs is 1. The summed E-state index contributed by atoms with van der Waals surface area (Å²) in [5.41, 5.74) is 0.690. The first-order valence-corrected chi connectivity index (χ1v) is 8.62. The second-order valence-corrected chi connectivity index (χ2v) is 6.23. The molecule has 0 spiro atoms. The lowest BCUT2D eigenvalue weighted by Gasteiger charge is -2.23. The highest BCUT2D eigenvalue weighted by atomic mass is 32.1. The molecule has 24 heavy (non-hydrogen) atoms. The van der Waals surface area contributed by atoms with Crippen molar-refractivity contribution in [2.75, 3.05) is 39.4 Å². The minimum atomic E-state index is -0.331. The third-order valence-corrected chi connectivity index (χ3v) is 4.32. The Balaban J connectivity index is 1.40. The minimum absolute atomic E-state index is 0.262. The Hall–Kier alpha value is -1.96. The van der Waals surface area contributed by atoms with E-state index in [0.29, 0.717) is 10.7 Å². The van der Waals surface area contributed by atoms with Gasteiger partial charge < -0.3 is 19.4 Å². The van der Waals surface area contributed by atoms with Gasteiger partial charge in [0.2, 0.25) is 0 Å². The Morgan fingerprint density at radius 2 is 2.04 bits per heavy atom. The zero-order chi connectivity index (χ0) is 16.8. The number of amides is 1. The fraction of sp³-hybridized carbons (Fsp3) is 0.412. The molecular formula is C17H22N3O3S+. The van der Waals surface area contributed by atoms with E-state index < -0.39 is 0 Å². The molecule has 0 radical (unpaired) electrons. The van der Waals surface area contributed by atoms with Crippen LogP contribution < -0.4 is 15.5 Å². The van der Waals surface area contributed by atoms with Crippen molar-refractivity contribution in [3.8, 4) is 0 Å². The van der Waals surface area contributed by atoms with Gasteiger partial charge in [-0.05, 0) is 24.4 Å². The van der Waals surface area contributed by atoms with Crippen LogP contribution in [0.25, 0.3) is 11.0 Å². The molecule has 0 atom stereocenters. The number of carbonyl (C=O) groups is 1. The molecule has 3 rings (SSSR count). The normalized spacial score (nSPS) is 15.3. The molecule has 1 aromatic heterocycles. The van der Waals surface area contributed by atoms with Crippen molar-refractivity contribution in [2.45, 2.75) is 6.42 Å². The van der Waals surface area contributed by atoms with E-state index in [2.05, 4.69) is 10.6 Å². The zero-order valence-corrected chi connectivity index (χ0v) is 14.3. The van der Waals surface area contributed by atoms with Gasteiger partial charge in [-0.15, -0.1) is 0 Å². The number of thiocarbonyl (C=S) groups is 1. The summed E-state index contributed by atoms with van der Waals surface area (Å²) >= 11 is 5.17. The molecule has 6 nitrogen and oxygen atoms in total. The van der Waals surface area contributed by atoms with Crippen molar-refractivity contribution in [3.05, 3.63) is 36.1 Å². The Morgan fingerprint density at radius 1 is 1.25 bits per heavy atom. The summed E-state index contributed by atoms with van der Waals surface area (Å²) in [6.07, 6.45) is 0.996. The molecule has 128 valence electrons. The molecule has 1 aromatic carbocycles. The molecule has 0 saturated carbocycles. The number of nitrogens with one attached hydrogen (secondary N) is 3. The maximum atomic E-state index is 12.2. The highest BCUT2D eigenvalue weighted by Gasteiger charge is 2.14. The number of ether oxygens (including phenoxy) is 1. The van der Waals surface area contributed by atoms with Crippen molar-refractivity contribution in [3.63, 3.8) is 0 Å². The molecular weight excluding hydrogens is 326 g/mol. The van der Waals surface area contributed by atoms with Crippen molar-refractivity contribution < 1.29 is 18.8 Å². The molecule has 2 aromatic rings. The lowest BCUT2D eigenvalue weighted by Crippen LogP contribution is -3.14. The van der Waals surface area contributed by atoms with Gasteiger partial charge in [0.15, 0.2) is 10.9 Å². The smallest absolute Gasteiger partial charge is 0.293 e. The molecule has 7 heteroatoms. The first-order valence-electron chi connectivity index (χ1n) is 8.21. The summed E-state index contributed by atoms with van der Waals surface area (Å²) < 4.78 is 10.9. The third-order valence-electron chi connectivity index (χ3n) is 4.07. The first-order chi connectivity index (χ1) is 11.7. The minimum Gasteiger partial charge on any atom is -0.451 e. The average Bonchev–Trinajstić information content (AvgIpc) is 3.04. The monoisotopic (exact) mass is 348 g/mol. The number of morpholine rings is 1. The third kappa shape index (κ3) is 4.53. The number of benzene rings is 1. The maximum absolute atomic E-state index is 12.2. The zero-order valence-electron chi connectivity index (χ0n) is 13.5. The van der Waals surface area contributed by atoms with Crippen LogP contribution in [0.4, 0.5) is 0 Å². The van der Waals surface area contributed by atoms with E-state index >= 15 is 0 Å². The molecule has 1 aliphatic heterocycles. The summed E-state index contributed by atoms with van der Waals surface area (Å²) in [5, 5.41) is 6.96. The predicted octanol–water partition coefficient (Wildman–Crippen LogP) is 0.342. The van der Waals surface area contributed by atoms with Crippen molar-refractivity contribution >= 4 is 34.2 Å². The molecule has 3 N–H and O–H groups in total. The second kappa shape index (κ2) is 8.23. The fourth-order valence-corrected chi connectivity index (χ4v) is 2.95. The largest absolute Gasteiger partial charge is 0.451 e. The molecule has 1 saturated heterocycles. The van der Waals surface area contributed by atoms with E-state index in [1.807, 2.05) is 24.3 Å². The number of rotatable bonds is 5. The Labute approximate surface area is 146 Å².